The first-order valence-corrected chi connectivity index (χ1v) is 12.0. The zero-order valence-electron chi connectivity index (χ0n) is 19.3. The lowest BCUT2D eigenvalue weighted by atomic mass is 10.0. The normalized spacial score (nSPS) is 15.7. The summed E-state index contributed by atoms with van der Waals surface area (Å²) in [6.07, 6.45) is 5.95. The number of likely N-dealkylation sites (tertiary alicyclic amines) is 1. The van der Waals surface area contributed by atoms with E-state index in [0.29, 0.717) is 5.56 Å². The summed E-state index contributed by atoms with van der Waals surface area (Å²) in [6.45, 7) is 5.02. The number of carbonyl (C=O) groups excluding carboxylic acids is 1. The Bertz CT molecular complexity index is 985. The maximum absolute atomic E-state index is 12.8. The van der Waals surface area contributed by atoms with Crippen molar-refractivity contribution >= 4 is 5.91 Å². The molecule has 0 unspecified atom stereocenters. The maximum atomic E-state index is 12.8. The second-order valence-corrected chi connectivity index (χ2v) is 8.66. The molecule has 5 heteroatoms. The number of nitrogens with zero attached hydrogens (tertiary/aromatic N) is 2. The smallest absolute Gasteiger partial charge is 0.251 e. The minimum absolute atomic E-state index is 0.0240. The van der Waals surface area contributed by atoms with Gasteiger partial charge in [0.15, 0.2) is 0 Å². The van der Waals surface area contributed by atoms with Crippen molar-refractivity contribution in [3.8, 4) is 5.75 Å². The number of carbonyl (C=O) groups is 1. The van der Waals surface area contributed by atoms with Crippen LogP contribution in [0.25, 0.3) is 0 Å². The van der Waals surface area contributed by atoms with Crippen LogP contribution in [0.5, 0.6) is 5.75 Å². The topological polar surface area (TPSA) is 54.5 Å². The van der Waals surface area contributed by atoms with E-state index in [2.05, 4.69) is 40.3 Å². The fraction of sp³-hybridized carbons (Fsp3) is 0.357. The van der Waals surface area contributed by atoms with Gasteiger partial charge >= 0.3 is 0 Å². The van der Waals surface area contributed by atoms with Crippen molar-refractivity contribution in [3.63, 3.8) is 0 Å². The van der Waals surface area contributed by atoms with Gasteiger partial charge in [0, 0.05) is 31.4 Å². The van der Waals surface area contributed by atoms with Gasteiger partial charge in [-0.15, -0.1) is 0 Å². The summed E-state index contributed by atoms with van der Waals surface area (Å²) in [5.74, 6) is 0.773. The highest BCUT2D eigenvalue weighted by atomic mass is 16.5. The predicted molar refractivity (Wildman–Crippen MR) is 131 cm³/mol. The number of hydrogen-bond donors (Lipinski definition) is 1. The van der Waals surface area contributed by atoms with Crippen LogP contribution in [0.3, 0.4) is 0 Å². The van der Waals surface area contributed by atoms with Gasteiger partial charge in [-0.2, -0.15) is 0 Å². The SMILES string of the molecule is CCC[C@H](NC(=O)c1ccc(OC2CCN(Cc3ccccn3)CC2)cc1)c1ccccc1. The molecule has 1 N–H and O–H groups in total. The zero-order valence-corrected chi connectivity index (χ0v) is 19.3. The molecule has 1 aliphatic rings. The van der Waals surface area contributed by atoms with Gasteiger partial charge in [-0.25, -0.2) is 0 Å². The fourth-order valence-electron chi connectivity index (χ4n) is 4.32. The van der Waals surface area contributed by atoms with E-state index < -0.39 is 0 Å². The molecule has 1 saturated heterocycles. The second-order valence-electron chi connectivity index (χ2n) is 8.66. The van der Waals surface area contributed by atoms with E-state index in [1.54, 1.807) is 0 Å². The number of amides is 1. The predicted octanol–water partition coefficient (Wildman–Crippen LogP) is 5.40. The van der Waals surface area contributed by atoms with Gasteiger partial charge in [0.2, 0.25) is 0 Å². The van der Waals surface area contributed by atoms with Crippen LogP contribution in [0.4, 0.5) is 0 Å². The van der Waals surface area contributed by atoms with Crippen molar-refractivity contribution < 1.29 is 9.53 Å². The van der Waals surface area contributed by atoms with Gasteiger partial charge in [-0.3, -0.25) is 14.7 Å². The van der Waals surface area contributed by atoms with Gasteiger partial charge in [0.1, 0.15) is 11.9 Å². The Balaban J connectivity index is 1.27. The average molecular weight is 444 g/mol. The van der Waals surface area contributed by atoms with Crippen molar-refractivity contribution in [2.24, 2.45) is 0 Å². The lowest BCUT2D eigenvalue weighted by Crippen LogP contribution is -2.37. The van der Waals surface area contributed by atoms with E-state index >= 15 is 0 Å². The number of hydrogen-bond acceptors (Lipinski definition) is 4. The lowest BCUT2D eigenvalue weighted by molar-refractivity contribution is 0.0932. The number of nitrogens with one attached hydrogen (secondary N) is 1. The van der Waals surface area contributed by atoms with Crippen molar-refractivity contribution in [2.75, 3.05) is 13.1 Å². The molecule has 0 bridgehead atoms. The van der Waals surface area contributed by atoms with Crippen LogP contribution in [-0.2, 0) is 6.54 Å². The lowest BCUT2D eigenvalue weighted by Gasteiger charge is -2.31. The molecule has 1 amide bonds. The van der Waals surface area contributed by atoms with Crippen molar-refractivity contribution in [1.82, 2.24) is 15.2 Å². The van der Waals surface area contributed by atoms with Crippen LogP contribution < -0.4 is 10.1 Å². The summed E-state index contributed by atoms with van der Waals surface area (Å²) in [7, 11) is 0. The van der Waals surface area contributed by atoms with Gasteiger partial charge in [-0.1, -0.05) is 49.7 Å². The first-order chi connectivity index (χ1) is 16.2. The molecule has 3 aromatic rings. The molecule has 33 heavy (non-hydrogen) atoms. The van der Waals surface area contributed by atoms with Crippen molar-refractivity contribution in [2.45, 2.75) is 51.3 Å². The van der Waals surface area contributed by atoms with E-state index in [0.717, 1.165) is 62.3 Å². The molecule has 0 spiro atoms. The van der Waals surface area contributed by atoms with Crippen LogP contribution in [-0.4, -0.2) is 35.0 Å². The molecule has 2 aromatic carbocycles. The third kappa shape index (κ3) is 6.65. The van der Waals surface area contributed by atoms with Crippen LogP contribution in [0.2, 0.25) is 0 Å². The van der Waals surface area contributed by atoms with E-state index in [1.165, 1.54) is 0 Å². The Labute approximate surface area is 196 Å². The molecule has 0 aliphatic carbocycles. The molecule has 1 aromatic heterocycles. The summed E-state index contributed by atoms with van der Waals surface area (Å²) in [5, 5.41) is 3.19. The molecule has 172 valence electrons. The number of rotatable bonds is 9. The Morgan fingerprint density at radius 1 is 1.03 bits per heavy atom. The molecular formula is C28H33N3O2. The highest BCUT2D eigenvalue weighted by Gasteiger charge is 2.21. The van der Waals surface area contributed by atoms with E-state index in [4.69, 9.17) is 4.74 Å². The Morgan fingerprint density at radius 2 is 1.76 bits per heavy atom. The summed E-state index contributed by atoms with van der Waals surface area (Å²) in [4.78, 5) is 19.7. The maximum Gasteiger partial charge on any atom is 0.251 e. The van der Waals surface area contributed by atoms with E-state index in [9.17, 15) is 4.79 Å². The van der Waals surface area contributed by atoms with Crippen LogP contribution in [0.1, 0.15) is 60.3 Å². The van der Waals surface area contributed by atoms with Crippen molar-refractivity contribution in [1.29, 1.82) is 0 Å². The molecule has 4 rings (SSSR count). The second kappa shape index (κ2) is 11.6. The molecule has 0 radical (unpaired) electrons. The number of pyridine rings is 1. The number of ether oxygens (including phenoxy) is 1. The number of benzene rings is 2. The zero-order chi connectivity index (χ0) is 22.9. The monoisotopic (exact) mass is 443 g/mol. The quantitative estimate of drug-likeness (QED) is 0.481. The summed E-state index contributed by atoms with van der Waals surface area (Å²) in [5.41, 5.74) is 2.91. The molecule has 0 saturated carbocycles. The first-order valence-electron chi connectivity index (χ1n) is 12.0. The largest absolute Gasteiger partial charge is 0.490 e. The van der Waals surface area contributed by atoms with Crippen LogP contribution in [0, 0.1) is 0 Å². The number of piperidine rings is 1. The van der Waals surface area contributed by atoms with Crippen LogP contribution >= 0.6 is 0 Å². The molecule has 2 heterocycles. The minimum Gasteiger partial charge on any atom is -0.490 e. The van der Waals surface area contributed by atoms with Gasteiger partial charge < -0.3 is 10.1 Å². The van der Waals surface area contributed by atoms with E-state index in [-0.39, 0.29) is 18.1 Å². The Morgan fingerprint density at radius 3 is 2.42 bits per heavy atom. The standard InChI is InChI=1S/C28H33N3O2/c1-2-8-27(22-9-4-3-5-10-22)30-28(32)23-12-14-25(15-13-23)33-26-16-19-31(20-17-26)21-24-11-6-7-18-29-24/h3-7,9-15,18,26-27H,2,8,16-17,19-21H2,1H3,(H,30,32)/t27-/m0/s1. The minimum atomic E-state index is -0.0494. The third-order valence-corrected chi connectivity index (χ3v) is 6.15. The van der Waals surface area contributed by atoms with Gasteiger partial charge in [0.05, 0.1) is 11.7 Å². The molecular weight excluding hydrogens is 410 g/mol. The fourth-order valence-corrected chi connectivity index (χ4v) is 4.32. The van der Waals surface area contributed by atoms with Gasteiger partial charge in [0.25, 0.3) is 5.91 Å². The third-order valence-electron chi connectivity index (χ3n) is 6.15. The first kappa shape index (κ1) is 23.0. The number of aromatic nitrogens is 1. The van der Waals surface area contributed by atoms with Crippen LogP contribution in [0.15, 0.2) is 79.0 Å². The molecule has 1 fully saturated rings. The Kier molecular flexibility index (Phi) is 8.09. The highest BCUT2D eigenvalue weighted by molar-refractivity contribution is 5.94. The molecule has 5 nitrogen and oxygen atoms in total. The Hall–Kier alpha value is -3.18. The summed E-state index contributed by atoms with van der Waals surface area (Å²) < 4.78 is 6.20. The average Bonchev–Trinajstić information content (AvgIpc) is 2.86. The molecule has 1 aliphatic heterocycles. The van der Waals surface area contributed by atoms with Gasteiger partial charge in [-0.05, 0) is 61.2 Å². The van der Waals surface area contributed by atoms with Crippen molar-refractivity contribution in [3.05, 3.63) is 95.8 Å². The summed E-state index contributed by atoms with van der Waals surface area (Å²) >= 11 is 0. The summed E-state index contributed by atoms with van der Waals surface area (Å²) in [6, 6.07) is 23.8. The highest BCUT2D eigenvalue weighted by Crippen LogP contribution is 2.22. The molecule has 1 atom stereocenters. The van der Waals surface area contributed by atoms with E-state index in [1.807, 2.05) is 60.8 Å².